The van der Waals surface area contributed by atoms with Crippen LogP contribution >= 0.6 is 12.2 Å². The molecule has 5 nitrogen and oxygen atoms in total. The van der Waals surface area contributed by atoms with Crippen molar-refractivity contribution in [2.24, 2.45) is 5.73 Å². The lowest BCUT2D eigenvalue weighted by molar-refractivity contribution is 0.278. The summed E-state index contributed by atoms with van der Waals surface area (Å²) in [5.74, 6) is 2.43. The molecule has 0 amide bonds. The summed E-state index contributed by atoms with van der Waals surface area (Å²) in [6.07, 6.45) is 2.98. The van der Waals surface area contributed by atoms with Gasteiger partial charge in [0.15, 0.2) is 5.11 Å². The van der Waals surface area contributed by atoms with E-state index in [2.05, 4.69) is 5.32 Å². The number of methoxy groups -OCH3 is 1. The summed E-state index contributed by atoms with van der Waals surface area (Å²) in [4.78, 5) is 0. The van der Waals surface area contributed by atoms with Gasteiger partial charge in [0.1, 0.15) is 17.2 Å². The maximum Gasteiger partial charge on any atom is 0.168 e. The van der Waals surface area contributed by atoms with Gasteiger partial charge in [0, 0.05) is 17.8 Å². The van der Waals surface area contributed by atoms with E-state index in [1.54, 1.807) is 7.11 Å². The summed E-state index contributed by atoms with van der Waals surface area (Å²) >= 11 is 4.82. The Bertz CT molecular complexity index is 679. The minimum Gasteiger partial charge on any atom is -0.497 e. The lowest BCUT2D eigenvalue weighted by atomic mass is 10.2. The zero-order valence-electron chi connectivity index (χ0n) is 14.4. The summed E-state index contributed by atoms with van der Waals surface area (Å²) < 4.78 is 16.6. The molecular formula is C19H24N2O3S. The fourth-order valence-corrected chi connectivity index (χ4v) is 2.38. The van der Waals surface area contributed by atoms with E-state index in [1.165, 1.54) is 0 Å². The van der Waals surface area contributed by atoms with Crippen molar-refractivity contribution in [3.63, 3.8) is 0 Å². The second-order valence-corrected chi connectivity index (χ2v) is 5.89. The molecule has 0 fully saturated rings. The first kappa shape index (κ1) is 18.9. The maximum absolute atomic E-state index is 5.74. The van der Waals surface area contributed by atoms with Crippen LogP contribution in [0.1, 0.15) is 19.3 Å². The number of thiocarbonyl (C=S) groups is 1. The minimum atomic E-state index is 0.244. The number of nitrogens with one attached hydrogen (secondary N) is 1. The summed E-state index contributed by atoms with van der Waals surface area (Å²) in [7, 11) is 1.65. The van der Waals surface area contributed by atoms with Crippen molar-refractivity contribution < 1.29 is 14.2 Å². The van der Waals surface area contributed by atoms with Gasteiger partial charge in [0.2, 0.25) is 0 Å². The lowest BCUT2D eigenvalue weighted by Gasteiger charge is -2.09. The molecule has 0 spiro atoms. The Labute approximate surface area is 154 Å². The first-order valence-electron chi connectivity index (χ1n) is 8.23. The van der Waals surface area contributed by atoms with E-state index in [4.69, 9.17) is 32.2 Å². The van der Waals surface area contributed by atoms with E-state index in [-0.39, 0.29) is 5.11 Å². The number of rotatable bonds is 10. The molecule has 3 N–H and O–H groups in total. The molecule has 0 aromatic heterocycles. The van der Waals surface area contributed by atoms with Crippen LogP contribution in [0, 0.1) is 0 Å². The van der Waals surface area contributed by atoms with Crippen LogP contribution in [0.4, 0.5) is 5.69 Å². The second kappa shape index (κ2) is 10.4. The Kier molecular flexibility index (Phi) is 7.85. The molecule has 134 valence electrons. The van der Waals surface area contributed by atoms with Crippen molar-refractivity contribution in [1.29, 1.82) is 0 Å². The molecule has 0 saturated carbocycles. The van der Waals surface area contributed by atoms with Crippen molar-refractivity contribution in [1.82, 2.24) is 0 Å². The first-order valence-corrected chi connectivity index (χ1v) is 8.64. The largest absolute Gasteiger partial charge is 0.497 e. The van der Waals surface area contributed by atoms with Gasteiger partial charge in [0.05, 0.1) is 20.3 Å². The van der Waals surface area contributed by atoms with Crippen LogP contribution in [0.15, 0.2) is 48.5 Å². The van der Waals surface area contributed by atoms with Crippen molar-refractivity contribution in [3.8, 4) is 17.2 Å². The van der Waals surface area contributed by atoms with E-state index < -0.39 is 0 Å². The van der Waals surface area contributed by atoms with Crippen molar-refractivity contribution in [2.45, 2.75) is 19.3 Å². The van der Waals surface area contributed by atoms with Crippen LogP contribution < -0.4 is 25.3 Å². The van der Waals surface area contributed by atoms with Gasteiger partial charge in [-0.15, -0.1) is 0 Å². The summed E-state index contributed by atoms with van der Waals surface area (Å²) in [5, 5.41) is 3.13. The molecule has 2 aromatic rings. The van der Waals surface area contributed by atoms with Gasteiger partial charge in [-0.3, -0.25) is 0 Å². The summed E-state index contributed by atoms with van der Waals surface area (Å²) in [6, 6.07) is 15.2. The molecule has 0 atom stereocenters. The summed E-state index contributed by atoms with van der Waals surface area (Å²) in [5.41, 5.74) is 6.29. The van der Waals surface area contributed by atoms with Crippen molar-refractivity contribution in [2.75, 3.05) is 25.6 Å². The highest BCUT2D eigenvalue weighted by molar-refractivity contribution is 7.80. The van der Waals surface area contributed by atoms with Gasteiger partial charge < -0.3 is 25.3 Å². The summed E-state index contributed by atoms with van der Waals surface area (Å²) in [6.45, 7) is 1.34. The molecule has 0 heterocycles. The van der Waals surface area contributed by atoms with Gasteiger partial charge in [-0.1, -0.05) is 12.1 Å². The van der Waals surface area contributed by atoms with Gasteiger partial charge in [-0.25, -0.2) is 0 Å². The Hall–Kier alpha value is -2.47. The predicted octanol–water partition coefficient (Wildman–Crippen LogP) is 3.98. The molecule has 0 aliphatic rings. The zero-order chi connectivity index (χ0) is 17.9. The smallest absolute Gasteiger partial charge is 0.168 e. The predicted molar refractivity (Wildman–Crippen MR) is 105 cm³/mol. The van der Waals surface area contributed by atoms with Crippen LogP contribution in [0.2, 0.25) is 0 Å². The van der Waals surface area contributed by atoms with E-state index in [9.17, 15) is 0 Å². The van der Waals surface area contributed by atoms with Crippen LogP contribution in [0.3, 0.4) is 0 Å². The molecule has 0 saturated heterocycles. The Morgan fingerprint density at radius 3 is 2.16 bits per heavy atom. The van der Waals surface area contributed by atoms with E-state index in [1.807, 2.05) is 48.5 Å². The van der Waals surface area contributed by atoms with Crippen LogP contribution in [-0.4, -0.2) is 25.4 Å². The van der Waals surface area contributed by atoms with Gasteiger partial charge in [-0.2, -0.15) is 0 Å². The quantitative estimate of drug-likeness (QED) is 0.493. The van der Waals surface area contributed by atoms with Crippen molar-refractivity contribution >= 4 is 23.0 Å². The number of benzene rings is 2. The SMILES string of the molecule is COc1cccc(OCCCCCOc2cccc(NC(N)=S)c2)c1. The van der Waals surface area contributed by atoms with Gasteiger partial charge in [0.25, 0.3) is 0 Å². The molecular weight excluding hydrogens is 336 g/mol. The third kappa shape index (κ3) is 7.30. The third-order valence-corrected chi connectivity index (χ3v) is 3.57. The van der Waals surface area contributed by atoms with Crippen LogP contribution in [-0.2, 0) is 0 Å². The van der Waals surface area contributed by atoms with Gasteiger partial charge >= 0.3 is 0 Å². The Morgan fingerprint density at radius 1 is 0.920 bits per heavy atom. The molecule has 0 unspecified atom stereocenters. The van der Waals surface area contributed by atoms with Crippen molar-refractivity contribution in [3.05, 3.63) is 48.5 Å². The van der Waals surface area contributed by atoms with E-state index in [0.717, 1.165) is 42.2 Å². The number of hydrogen-bond donors (Lipinski definition) is 2. The van der Waals surface area contributed by atoms with Gasteiger partial charge in [-0.05, 0) is 55.7 Å². The number of nitrogens with two attached hydrogens (primary N) is 1. The zero-order valence-corrected chi connectivity index (χ0v) is 15.2. The third-order valence-electron chi connectivity index (χ3n) is 3.47. The molecule has 0 aliphatic heterocycles. The molecule has 6 heteroatoms. The number of unbranched alkanes of at least 4 members (excludes halogenated alkanes) is 2. The number of hydrogen-bond acceptors (Lipinski definition) is 4. The number of anilines is 1. The molecule has 0 aliphatic carbocycles. The number of ether oxygens (including phenoxy) is 3. The maximum atomic E-state index is 5.74. The topological polar surface area (TPSA) is 65.7 Å². The molecule has 0 radical (unpaired) electrons. The highest BCUT2D eigenvalue weighted by Gasteiger charge is 1.99. The Morgan fingerprint density at radius 2 is 1.52 bits per heavy atom. The fourth-order valence-electron chi connectivity index (χ4n) is 2.26. The van der Waals surface area contributed by atoms with E-state index in [0.29, 0.717) is 13.2 Å². The normalized spacial score (nSPS) is 10.1. The van der Waals surface area contributed by atoms with E-state index >= 15 is 0 Å². The Balaban J connectivity index is 1.59. The highest BCUT2D eigenvalue weighted by atomic mass is 32.1. The molecule has 25 heavy (non-hydrogen) atoms. The standard InChI is InChI=1S/C19H24N2O3S/c1-22-16-8-6-10-18(14-16)24-12-4-2-3-11-23-17-9-5-7-15(13-17)21-19(20)25/h5-10,13-14H,2-4,11-12H2,1H3,(H3,20,21,25). The lowest BCUT2D eigenvalue weighted by Crippen LogP contribution is -2.18. The first-order chi connectivity index (χ1) is 12.2. The fraction of sp³-hybridized carbons (Fsp3) is 0.316. The van der Waals surface area contributed by atoms with Crippen LogP contribution in [0.5, 0.6) is 17.2 Å². The molecule has 2 rings (SSSR count). The molecule has 2 aromatic carbocycles. The average Bonchev–Trinajstić information content (AvgIpc) is 2.61. The average molecular weight is 360 g/mol. The van der Waals surface area contributed by atoms with Crippen LogP contribution in [0.25, 0.3) is 0 Å². The minimum absolute atomic E-state index is 0.244. The second-order valence-electron chi connectivity index (χ2n) is 5.45. The molecule has 0 bridgehead atoms. The monoisotopic (exact) mass is 360 g/mol. The highest BCUT2D eigenvalue weighted by Crippen LogP contribution is 2.19.